The number of ether oxygens (including phenoxy) is 1. The summed E-state index contributed by atoms with van der Waals surface area (Å²) >= 11 is 0. The second-order valence-electron chi connectivity index (χ2n) is 5.72. The molecule has 0 spiro atoms. The van der Waals surface area contributed by atoms with Gasteiger partial charge in [-0.2, -0.15) is 5.26 Å². The number of carbonyl (C=O) groups is 3. The zero-order valence-corrected chi connectivity index (χ0v) is 15.0. The van der Waals surface area contributed by atoms with Gasteiger partial charge in [0, 0.05) is 5.69 Å². The van der Waals surface area contributed by atoms with E-state index in [-0.39, 0.29) is 12.0 Å². The highest BCUT2D eigenvalue weighted by Gasteiger charge is 2.22. The van der Waals surface area contributed by atoms with E-state index < -0.39 is 47.0 Å². The maximum Gasteiger partial charge on any atom is 0.338 e. The Bertz CT molecular complexity index is 987. The number of anilines is 2. The largest absolute Gasteiger partial charge is 0.449 e. The third-order valence-electron chi connectivity index (χ3n) is 3.59. The summed E-state index contributed by atoms with van der Waals surface area (Å²) < 4.78 is 44.7. The summed E-state index contributed by atoms with van der Waals surface area (Å²) in [6.07, 6.45) is -1.69. The molecule has 150 valence electrons. The van der Waals surface area contributed by atoms with Crippen molar-refractivity contribution in [2.45, 2.75) is 19.4 Å². The van der Waals surface area contributed by atoms with Gasteiger partial charge < -0.3 is 15.4 Å². The lowest BCUT2D eigenvalue weighted by molar-refractivity contribution is -0.123. The molecule has 0 heterocycles. The van der Waals surface area contributed by atoms with E-state index in [0.29, 0.717) is 11.8 Å². The molecule has 29 heavy (non-hydrogen) atoms. The van der Waals surface area contributed by atoms with Gasteiger partial charge in [-0.15, -0.1) is 0 Å². The molecule has 0 saturated heterocycles. The molecule has 2 rings (SSSR count). The van der Waals surface area contributed by atoms with Crippen LogP contribution in [0.5, 0.6) is 0 Å². The van der Waals surface area contributed by atoms with Gasteiger partial charge in [-0.1, -0.05) is 0 Å². The number of esters is 1. The third kappa shape index (κ3) is 5.55. The number of nitriles is 1. The first-order valence-corrected chi connectivity index (χ1v) is 8.15. The van der Waals surface area contributed by atoms with Crippen molar-refractivity contribution in [1.29, 1.82) is 5.26 Å². The number of amides is 2. The number of hydrogen-bond donors (Lipinski definition) is 2. The van der Waals surface area contributed by atoms with Crippen LogP contribution in [0, 0.1) is 28.8 Å². The molecule has 0 aliphatic carbocycles. The van der Waals surface area contributed by atoms with Crippen LogP contribution in [0.1, 0.15) is 23.7 Å². The molecule has 2 amide bonds. The summed E-state index contributed by atoms with van der Waals surface area (Å²) in [5.41, 5.74) is -0.197. The Hall–Kier alpha value is -3.87. The first-order chi connectivity index (χ1) is 13.7. The molecule has 2 aromatic rings. The molecule has 0 bridgehead atoms. The maximum absolute atomic E-state index is 13.6. The number of rotatable bonds is 6. The molecule has 0 unspecified atom stereocenters. The third-order valence-corrected chi connectivity index (χ3v) is 3.59. The highest BCUT2D eigenvalue weighted by molar-refractivity contribution is 5.98. The van der Waals surface area contributed by atoms with Crippen LogP contribution in [0.15, 0.2) is 36.4 Å². The Kier molecular flexibility index (Phi) is 6.92. The van der Waals surface area contributed by atoms with Crippen molar-refractivity contribution < 1.29 is 32.3 Å². The van der Waals surface area contributed by atoms with Crippen LogP contribution in [0.4, 0.5) is 24.5 Å². The topological polar surface area (TPSA) is 108 Å². The molecule has 0 fully saturated rings. The van der Waals surface area contributed by atoms with Crippen LogP contribution in [0.25, 0.3) is 0 Å². The van der Waals surface area contributed by atoms with E-state index in [9.17, 15) is 27.6 Å². The molecule has 0 aliphatic heterocycles. The Morgan fingerprint density at radius 2 is 1.69 bits per heavy atom. The van der Waals surface area contributed by atoms with Crippen molar-refractivity contribution in [2.24, 2.45) is 0 Å². The minimum atomic E-state index is -1.74. The molecule has 0 saturated carbocycles. The summed E-state index contributed by atoms with van der Waals surface area (Å²) in [7, 11) is 0. The number of benzene rings is 2. The summed E-state index contributed by atoms with van der Waals surface area (Å²) in [5.74, 6) is -7.08. The van der Waals surface area contributed by atoms with Gasteiger partial charge in [-0.05, 0) is 43.3 Å². The molecule has 2 aromatic carbocycles. The van der Waals surface area contributed by atoms with Crippen LogP contribution in [-0.4, -0.2) is 23.9 Å². The van der Waals surface area contributed by atoms with Crippen LogP contribution in [0.3, 0.4) is 0 Å². The molecular weight excluding hydrogens is 391 g/mol. The minimum Gasteiger partial charge on any atom is -0.449 e. The Morgan fingerprint density at radius 1 is 1.03 bits per heavy atom. The van der Waals surface area contributed by atoms with E-state index in [4.69, 9.17) is 10.00 Å². The molecule has 0 aliphatic rings. The van der Waals surface area contributed by atoms with Crippen LogP contribution in [-0.2, 0) is 14.3 Å². The smallest absolute Gasteiger partial charge is 0.338 e. The van der Waals surface area contributed by atoms with Gasteiger partial charge in [0.2, 0.25) is 5.91 Å². The monoisotopic (exact) mass is 405 g/mol. The first-order valence-electron chi connectivity index (χ1n) is 8.15. The van der Waals surface area contributed by atoms with E-state index in [2.05, 4.69) is 5.32 Å². The predicted octanol–water partition coefficient (Wildman–Crippen LogP) is 3.14. The number of hydrogen-bond acceptors (Lipinski definition) is 5. The average molecular weight is 405 g/mol. The lowest BCUT2D eigenvalue weighted by Crippen LogP contribution is -2.30. The molecule has 2 N–H and O–H groups in total. The molecule has 10 heteroatoms. The lowest BCUT2D eigenvalue weighted by atomic mass is 10.2. The van der Waals surface area contributed by atoms with Crippen molar-refractivity contribution in [3.05, 3.63) is 59.4 Å². The van der Waals surface area contributed by atoms with E-state index in [1.165, 1.54) is 31.2 Å². The first kappa shape index (κ1) is 21.4. The molecule has 0 radical (unpaired) electrons. The Labute approximate surface area is 163 Å². The van der Waals surface area contributed by atoms with E-state index in [1.54, 1.807) is 6.07 Å². The lowest BCUT2D eigenvalue weighted by Gasteiger charge is -2.14. The minimum absolute atomic E-state index is 0.0574. The standard InChI is InChI=1S/C19H14F3N3O4/c1-10(18(27)25-14-7-6-13(20)16(21)17(14)22)29-19(28)11-2-4-12(5-3-11)24-15(26)8-9-23/h2-7,10H,8H2,1H3,(H,24,26)(H,25,27)/t10-/m1/s1. The van der Waals surface area contributed by atoms with Crippen molar-refractivity contribution in [3.8, 4) is 6.07 Å². The van der Waals surface area contributed by atoms with Gasteiger partial charge in [-0.25, -0.2) is 18.0 Å². The van der Waals surface area contributed by atoms with E-state index in [1.807, 2.05) is 5.32 Å². The quantitative estimate of drug-likeness (QED) is 0.567. The molecule has 7 nitrogen and oxygen atoms in total. The van der Waals surface area contributed by atoms with Gasteiger partial charge in [0.05, 0.1) is 17.3 Å². The highest BCUT2D eigenvalue weighted by atomic mass is 19.2. The fraction of sp³-hybridized carbons (Fsp3) is 0.158. The van der Waals surface area contributed by atoms with Gasteiger partial charge in [0.1, 0.15) is 6.42 Å². The number of nitrogens with zero attached hydrogens (tertiary/aromatic N) is 1. The Morgan fingerprint density at radius 3 is 2.31 bits per heavy atom. The van der Waals surface area contributed by atoms with Crippen LogP contribution < -0.4 is 10.6 Å². The zero-order chi connectivity index (χ0) is 21.6. The number of nitrogens with one attached hydrogen (secondary N) is 2. The number of carbonyl (C=O) groups excluding carboxylic acids is 3. The second kappa shape index (κ2) is 9.36. The fourth-order valence-corrected chi connectivity index (χ4v) is 2.11. The van der Waals surface area contributed by atoms with Crippen LogP contribution in [0.2, 0.25) is 0 Å². The zero-order valence-electron chi connectivity index (χ0n) is 15.0. The molecular formula is C19H14F3N3O4. The summed E-state index contributed by atoms with van der Waals surface area (Å²) in [6.45, 7) is 1.21. The van der Waals surface area contributed by atoms with Gasteiger partial charge in [-0.3, -0.25) is 9.59 Å². The molecule has 1 atom stereocenters. The van der Waals surface area contributed by atoms with Crippen molar-refractivity contribution in [3.63, 3.8) is 0 Å². The van der Waals surface area contributed by atoms with Gasteiger partial charge >= 0.3 is 5.97 Å². The maximum atomic E-state index is 13.6. The average Bonchev–Trinajstić information content (AvgIpc) is 2.69. The number of halogens is 3. The van der Waals surface area contributed by atoms with Crippen LogP contribution >= 0.6 is 0 Å². The van der Waals surface area contributed by atoms with Crippen molar-refractivity contribution in [1.82, 2.24) is 0 Å². The normalized spacial score (nSPS) is 11.1. The SMILES string of the molecule is C[C@@H](OC(=O)c1ccc(NC(=O)CC#N)cc1)C(=O)Nc1ccc(F)c(F)c1F. The molecule has 0 aromatic heterocycles. The summed E-state index contributed by atoms with van der Waals surface area (Å²) in [4.78, 5) is 35.4. The Balaban J connectivity index is 1.97. The van der Waals surface area contributed by atoms with Gasteiger partial charge in [0.25, 0.3) is 5.91 Å². The summed E-state index contributed by atoms with van der Waals surface area (Å²) in [5, 5.41) is 12.9. The van der Waals surface area contributed by atoms with E-state index >= 15 is 0 Å². The van der Waals surface area contributed by atoms with Crippen molar-refractivity contribution >= 4 is 29.2 Å². The van der Waals surface area contributed by atoms with Gasteiger partial charge in [0.15, 0.2) is 23.6 Å². The van der Waals surface area contributed by atoms with Crippen molar-refractivity contribution in [2.75, 3.05) is 10.6 Å². The highest BCUT2D eigenvalue weighted by Crippen LogP contribution is 2.20. The predicted molar refractivity (Wildman–Crippen MR) is 95.1 cm³/mol. The fourth-order valence-electron chi connectivity index (χ4n) is 2.11. The van der Waals surface area contributed by atoms with E-state index in [0.717, 1.165) is 6.07 Å². The summed E-state index contributed by atoms with van der Waals surface area (Å²) in [6, 6.07) is 8.60. The second-order valence-corrected chi connectivity index (χ2v) is 5.72.